The van der Waals surface area contributed by atoms with Gasteiger partial charge in [-0.15, -0.1) is 0 Å². The Balaban J connectivity index is 2.20. The van der Waals surface area contributed by atoms with Gasteiger partial charge in [0.2, 0.25) is 0 Å². The molecule has 1 heterocycles. The van der Waals surface area contributed by atoms with Crippen LogP contribution in [0.4, 0.5) is 10.1 Å². The highest BCUT2D eigenvalue weighted by Gasteiger charge is 2.18. The predicted molar refractivity (Wildman–Crippen MR) is 82.9 cm³/mol. The normalized spacial score (nSPS) is 10.5. The number of nitrogens with zero attached hydrogens (tertiary/aromatic N) is 3. The first-order valence-electron chi connectivity index (χ1n) is 6.84. The van der Waals surface area contributed by atoms with Crippen molar-refractivity contribution in [1.82, 2.24) is 10.2 Å². The molecule has 2 aromatic carbocycles. The van der Waals surface area contributed by atoms with Gasteiger partial charge in [-0.25, -0.2) is 9.49 Å². The number of benzene rings is 2. The topological polar surface area (TPSA) is 113 Å². The zero-order valence-corrected chi connectivity index (χ0v) is 12.1. The molecule has 0 atom stereocenters. The number of rotatable bonds is 3. The maximum Gasteiger partial charge on any atom is 0.279 e. The fourth-order valence-corrected chi connectivity index (χ4v) is 2.51. The van der Waals surface area contributed by atoms with E-state index in [9.17, 15) is 19.3 Å². The van der Waals surface area contributed by atoms with Gasteiger partial charge in [0.15, 0.2) is 0 Å². The second-order valence-corrected chi connectivity index (χ2v) is 5.06. The number of nitrogens with one attached hydrogen (secondary N) is 1. The standard InChI is InChI=1S/C16H9FN4O3/c17-12-5-4-9(6-10(12)8-18)7-13-15-11(16(22)20-19-13)2-1-3-14(15)21(23)24/h1-6H,7H2,(H,20,22). The van der Waals surface area contributed by atoms with Crippen molar-refractivity contribution in [2.24, 2.45) is 0 Å². The van der Waals surface area contributed by atoms with Gasteiger partial charge < -0.3 is 0 Å². The van der Waals surface area contributed by atoms with E-state index in [0.29, 0.717) is 5.56 Å². The SMILES string of the molecule is N#Cc1cc(Cc2n[nH]c(=O)c3cccc([N+](=O)[O-])c23)ccc1F. The van der Waals surface area contributed by atoms with Crippen LogP contribution in [0, 0.1) is 27.3 Å². The van der Waals surface area contributed by atoms with E-state index in [-0.39, 0.29) is 34.1 Å². The summed E-state index contributed by atoms with van der Waals surface area (Å²) in [5.74, 6) is -0.647. The highest BCUT2D eigenvalue weighted by atomic mass is 19.1. The third kappa shape index (κ3) is 2.59. The number of hydrogen-bond donors (Lipinski definition) is 1. The van der Waals surface area contributed by atoms with Gasteiger partial charge in [-0.1, -0.05) is 12.1 Å². The van der Waals surface area contributed by atoms with Crippen molar-refractivity contribution in [2.45, 2.75) is 6.42 Å². The van der Waals surface area contributed by atoms with E-state index in [1.165, 1.54) is 30.3 Å². The Kier molecular flexibility index (Phi) is 3.75. The minimum absolute atomic E-state index is 0.104. The van der Waals surface area contributed by atoms with Gasteiger partial charge in [0.1, 0.15) is 11.9 Å². The van der Waals surface area contributed by atoms with Crippen LogP contribution in [0.3, 0.4) is 0 Å². The number of hydrogen-bond acceptors (Lipinski definition) is 5. The second-order valence-electron chi connectivity index (χ2n) is 5.06. The maximum absolute atomic E-state index is 13.4. The monoisotopic (exact) mass is 324 g/mol. The van der Waals surface area contributed by atoms with Gasteiger partial charge >= 0.3 is 0 Å². The van der Waals surface area contributed by atoms with Crippen molar-refractivity contribution in [2.75, 3.05) is 0 Å². The van der Waals surface area contributed by atoms with Crippen molar-refractivity contribution < 1.29 is 9.31 Å². The molecule has 0 aliphatic carbocycles. The molecule has 1 N–H and O–H groups in total. The molecule has 24 heavy (non-hydrogen) atoms. The molecule has 1 aromatic heterocycles. The first-order chi connectivity index (χ1) is 11.5. The van der Waals surface area contributed by atoms with Crippen molar-refractivity contribution in [1.29, 1.82) is 5.26 Å². The summed E-state index contributed by atoms with van der Waals surface area (Å²) in [6, 6.07) is 9.88. The third-order valence-electron chi connectivity index (χ3n) is 3.59. The zero-order valence-electron chi connectivity index (χ0n) is 12.1. The molecule has 7 nitrogen and oxygen atoms in total. The molecule has 8 heteroatoms. The highest BCUT2D eigenvalue weighted by Crippen LogP contribution is 2.27. The Morgan fingerprint density at radius 3 is 2.83 bits per heavy atom. The Labute approximate surface area is 134 Å². The van der Waals surface area contributed by atoms with Crippen molar-refractivity contribution in [3.8, 4) is 6.07 Å². The molecule has 3 aromatic rings. The number of aromatic nitrogens is 2. The number of non-ortho nitro benzene ring substituents is 1. The quantitative estimate of drug-likeness (QED) is 0.587. The number of H-pyrrole nitrogens is 1. The van der Waals surface area contributed by atoms with Crippen LogP contribution in [0.25, 0.3) is 10.8 Å². The second kappa shape index (κ2) is 5.89. The molecular weight excluding hydrogens is 315 g/mol. The summed E-state index contributed by atoms with van der Waals surface area (Å²) in [5, 5.41) is 26.6. The molecule has 0 saturated heterocycles. The molecule has 3 rings (SSSR count). The molecule has 0 fully saturated rings. The Bertz CT molecular complexity index is 1070. The van der Waals surface area contributed by atoms with Crippen LogP contribution >= 0.6 is 0 Å². The van der Waals surface area contributed by atoms with E-state index in [1.54, 1.807) is 6.07 Å². The molecule has 0 unspecified atom stereocenters. The molecule has 0 spiro atoms. The fourth-order valence-electron chi connectivity index (χ4n) is 2.51. The summed E-state index contributed by atoms with van der Waals surface area (Å²) < 4.78 is 13.4. The molecule has 0 amide bonds. The van der Waals surface area contributed by atoms with Gasteiger partial charge in [0.25, 0.3) is 11.2 Å². The van der Waals surface area contributed by atoms with E-state index in [2.05, 4.69) is 10.2 Å². The number of aromatic amines is 1. The third-order valence-corrected chi connectivity index (χ3v) is 3.59. The van der Waals surface area contributed by atoms with Gasteiger partial charge in [-0.3, -0.25) is 14.9 Å². The number of nitro groups is 1. The summed E-state index contributed by atoms with van der Waals surface area (Å²) in [6.07, 6.45) is 0.104. The minimum Gasteiger partial charge on any atom is -0.267 e. The lowest BCUT2D eigenvalue weighted by Crippen LogP contribution is -2.12. The minimum atomic E-state index is -0.647. The van der Waals surface area contributed by atoms with Crippen LogP contribution in [-0.2, 0) is 6.42 Å². The van der Waals surface area contributed by atoms with E-state index < -0.39 is 16.3 Å². The summed E-state index contributed by atoms with van der Waals surface area (Å²) in [6.45, 7) is 0. The van der Waals surface area contributed by atoms with Gasteiger partial charge in [0.05, 0.1) is 27.0 Å². The Hall–Kier alpha value is -3.60. The lowest BCUT2D eigenvalue weighted by atomic mass is 10.0. The lowest BCUT2D eigenvalue weighted by molar-refractivity contribution is -0.383. The molecule has 0 aliphatic rings. The number of nitriles is 1. The Morgan fingerprint density at radius 2 is 2.12 bits per heavy atom. The number of nitro benzene ring substituents is 1. The molecule has 0 radical (unpaired) electrons. The summed E-state index contributed by atoms with van der Waals surface area (Å²) in [5.41, 5.74) is -0.0759. The highest BCUT2D eigenvalue weighted by molar-refractivity contribution is 5.92. The largest absolute Gasteiger partial charge is 0.279 e. The van der Waals surface area contributed by atoms with E-state index >= 15 is 0 Å². The smallest absolute Gasteiger partial charge is 0.267 e. The van der Waals surface area contributed by atoms with Crippen LogP contribution in [0.15, 0.2) is 41.2 Å². The van der Waals surface area contributed by atoms with Crippen LogP contribution in [-0.4, -0.2) is 15.1 Å². The summed E-state index contributed by atoms with van der Waals surface area (Å²) >= 11 is 0. The fraction of sp³-hybridized carbons (Fsp3) is 0.0625. The van der Waals surface area contributed by atoms with Gasteiger partial charge in [-0.05, 0) is 23.8 Å². The van der Waals surface area contributed by atoms with E-state index in [1.807, 2.05) is 0 Å². The number of halogens is 1. The zero-order chi connectivity index (χ0) is 17.3. The summed E-state index contributed by atoms with van der Waals surface area (Å²) in [7, 11) is 0. The molecule has 0 saturated carbocycles. The van der Waals surface area contributed by atoms with Gasteiger partial charge in [-0.2, -0.15) is 10.4 Å². The maximum atomic E-state index is 13.4. The molecule has 0 aliphatic heterocycles. The summed E-state index contributed by atoms with van der Waals surface area (Å²) in [4.78, 5) is 22.5. The number of fused-ring (bicyclic) bond motifs is 1. The van der Waals surface area contributed by atoms with Crippen molar-refractivity contribution >= 4 is 16.5 Å². The average Bonchev–Trinajstić information content (AvgIpc) is 2.58. The first kappa shape index (κ1) is 15.3. The lowest BCUT2D eigenvalue weighted by Gasteiger charge is -2.06. The molecular formula is C16H9FN4O3. The van der Waals surface area contributed by atoms with Crippen LogP contribution < -0.4 is 5.56 Å². The Morgan fingerprint density at radius 1 is 1.33 bits per heavy atom. The van der Waals surface area contributed by atoms with Crippen LogP contribution in [0.2, 0.25) is 0 Å². The van der Waals surface area contributed by atoms with E-state index in [4.69, 9.17) is 5.26 Å². The van der Waals surface area contributed by atoms with Crippen molar-refractivity contribution in [3.63, 3.8) is 0 Å². The van der Waals surface area contributed by atoms with Crippen molar-refractivity contribution in [3.05, 3.63) is 79.5 Å². The van der Waals surface area contributed by atoms with Crippen LogP contribution in [0.5, 0.6) is 0 Å². The van der Waals surface area contributed by atoms with Crippen LogP contribution in [0.1, 0.15) is 16.8 Å². The molecule has 118 valence electrons. The van der Waals surface area contributed by atoms with E-state index in [0.717, 1.165) is 6.07 Å². The molecule has 0 bridgehead atoms. The predicted octanol–water partition coefficient (Wildman–Crippen LogP) is 2.43. The average molecular weight is 324 g/mol. The van der Waals surface area contributed by atoms with Gasteiger partial charge in [0, 0.05) is 12.5 Å². The first-order valence-corrected chi connectivity index (χ1v) is 6.84.